The maximum atomic E-state index is 12.6. The molecule has 0 saturated carbocycles. The molecule has 124 valence electrons. The van der Waals surface area contributed by atoms with E-state index in [0.717, 1.165) is 19.4 Å². The minimum absolute atomic E-state index is 0.0534. The zero-order chi connectivity index (χ0) is 16.4. The fourth-order valence-electron chi connectivity index (χ4n) is 4.27. The minimum atomic E-state index is -0.0542. The summed E-state index contributed by atoms with van der Waals surface area (Å²) in [6.45, 7) is 0.936. The van der Waals surface area contributed by atoms with Crippen molar-refractivity contribution in [1.29, 1.82) is 0 Å². The van der Waals surface area contributed by atoms with Crippen LogP contribution in [-0.2, 0) is 9.53 Å². The van der Waals surface area contributed by atoms with Crippen molar-refractivity contribution in [3.8, 4) is 0 Å². The van der Waals surface area contributed by atoms with Gasteiger partial charge in [-0.1, -0.05) is 40.8 Å². The van der Waals surface area contributed by atoms with Crippen LogP contribution in [0.5, 0.6) is 0 Å². The van der Waals surface area contributed by atoms with Crippen LogP contribution in [0, 0.1) is 9.49 Å². The van der Waals surface area contributed by atoms with Gasteiger partial charge in [-0.3, -0.25) is 9.69 Å². The van der Waals surface area contributed by atoms with Gasteiger partial charge in [-0.25, -0.2) is 0 Å². The quantitative estimate of drug-likeness (QED) is 0.423. The van der Waals surface area contributed by atoms with Gasteiger partial charge in [0, 0.05) is 28.1 Å². The van der Waals surface area contributed by atoms with Crippen LogP contribution in [0.1, 0.15) is 30.7 Å². The third kappa shape index (κ3) is 3.61. The monoisotopic (exact) mass is 537 g/mol. The highest BCUT2D eigenvalue weighted by atomic mass is 127. The molecule has 1 aromatic carbocycles. The molecule has 2 bridgehead atoms. The van der Waals surface area contributed by atoms with Crippen molar-refractivity contribution in [2.75, 3.05) is 13.7 Å². The Labute approximate surface area is 165 Å². The van der Waals surface area contributed by atoms with E-state index >= 15 is 0 Å². The van der Waals surface area contributed by atoms with Gasteiger partial charge in [0.25, 0.3) is 0 Å². The van der Waals surface area contributed by atoms with E-state index in [-0.39, 0.29) is 17.8 Å². The fourth-order valence-corrected chi connectivity index (χ4v) is 4.86. The molecule has 0 radical (unpaired) electrons. The number of esters is 1. The first-order valence-corrected chi connectivity index (χ1v) is 10.3. The van der Waals surface area contributed by atoms with Crippen LogP contribution < -0.4 is 0 Å². The predicted molar refractivity (Wildman–Crippen MR) is 109 cm³/mol. The van der Waals surface area contributed by atoms with E-state index in [1.54, 1.807) is 0 Å². The van der Waals surface area contributed by atoms with Gasteiger partial charge in [0.1, 0.15) is 0 Å². The zero-order valence-corrected chi connectivity index (χ0v) is 17.4. The van der Waals surface area contributed by atoms with Gasteiger partial charge >= 0.3 is 5.97 Å². The van der Waals surface area contributed by atoms with E-state index < -0.39 is 0 Å². The first-order valence-electron chi connectivity index (χ1n) is 8.00. The van der Waals surface area contributed by atoms with Gasteiger partial charge in [0.15, 0.2) is 0 Å². The Balaban J connectivity index is 1.91. The highest BCUT2D eigenvalue weighted by molar-refractivity contribution is 14.1. The Morgan fingerprint density at radius 1 is 1.35 bits per heavy atom. The molecular weight excluding hydrogens is 516 g/mol. The molecule has 2 aliphatic rings. The number of methoxy groups -OCH3 is 1. The molecule has 5 heteroatoms. The smallest absolute Gasteiger partial charge is 0.310 e. The SMILES string of the molecule is COC(=O)[C@H]1[C@@H](c2ccc(I)cc2)C[C@H]2CC[C@@H]1N2C/C=C/I. The van der Waals surface area contributed by atoms with Crippen molar-refractivity contribution in [2.24, 2.45) is 5.92 Å². The number of ether oxygens (including phenoxy) is 1. The first-order chi connectivity index (χ1) is 11.2. The largest absolute Gasteiger partial charge is 0.469 e. The van der Waals surface area contributed by atoms with Crippen molar-refractivity contribution < 1.29 is 9.53 Å². The van der Waals surface area contributed by atoms with Crippen LogP contribution in [0.15, 0.2) is 34.4 Å². The second kappa shape index (κ2) is 7.82. The summed E-state index contributed by atoms with van der Waals surface area (Å²) in [5.41, 5.74) is 1.28. The second-order valence-electron chi connectivity index (χ2n) is 6.30. The summed E-state index contributed by atoms with van der Waals surface area (Å²) in [4.78, 5) is 15.1. The number of halogens is 2. The average Bonchev–Trinajstić information content (AvgIpc) is 2.84. The standard InChI is InChI=1S/C18H21I2NO2/c1-23-18(22)17-15(12-3-5-13(20)6-4-12)11-14-7-8-16(17)21(14)10-2-9-19/h2-6,9,14-17H,7-8,10-11H2,1H3/b9-2+/t14-,15-,16+,17+/m1/s1. The molecule has 3 nitrogen and oxygen atoms in total. The lowest BCUT2D eigenvalue weighted by Gasteiger charge is -2.43. The van der Waals surface area contributed by atoms with Gasteiger partial charge in [-0.05, 0) is 63.6 Å². The van der Waals surface area contributed by atoms with E-state index in [1.165, 1.54) is 22.7 Å². The van der Waals surface area contributed by atoms with Crippen molar-refractivity contribution >= 4 is 51.2 Å². The maximum absolute atomic E-state index is 12.6. The Morgan fingerprint density at radius 3 is 2.74 bits per heavy atom. The van der Waals surface area contributed by atoms with E-state index in [0.29, 0.717) is 12.1 Å². The van der Waals surface area contributed by atoms with Gasteiger partial charge < -0.3 is 4.74 Å². The van der Waals surface area contributed by atoms with E-state index in [9.17, 15) is 4.79 Å². The number of nitrogens with zero attached hydrogens (tertiary/aromatic N) is 1. The Bertz CT molecular complexity index is 587. The molecule has 2 saturated heterocycles. The summed E-state index contributed by atoms with van der Waals surface area (Å²) in [5, 5.41) is 0. The number of carbonyl (C=O) groups excluding carboxylic acids is 1. The molecule has 23 heavy (non-hydrogen) atoms. The molecular formula is C18H21I2NO2. The van der Waals surface area contributed by atoms with Crippen molar-refractivity contribution in [2.45, 2.75) is 37.3 Å². The topological polar surface area (TPSA) is 29.5 Å². The summed E-state index contributed by atoms with van der Waals surface area (Å²) >= 11 is 4.59. The van der Waals surface area contributed by atoms with Crippen LogP contribution in [0.2, 0.25) is 0 Å². The number of rotatable bonds is 4. The number of hydrogen-bond acceptors (Lipinski definition) is 3. The molecule has 4 atom stereocenters. The van der Waals surface area contributed by atoms with Crippen molar-refractivity contribution in [1.82, 2.24) is 4.90 Å². The third-order valence-corrected chi connectivity index (χ3v) is 6.47. The van der Waals surface area contributed by atoms with Gasteiger partial charge in [-0.15, -0.1) is 0 Å². The van der Waals surface area contributed by atoms with Gasteiger partial charge in [0.2, 0.25) is 0 Å². The molecule has 0 amide bonds. The summed E-state index contributed by atoms with van der Waals surface area (Å²) in [6.07, 6.45) is 5.52. The van der Waals surface area contributed by atoms with Crippen LogP contribution in [0.4, 0.5) is 0 Å². The maximum Gasteiger partial charge on any atom is 0.310 e. The highest BCUT2D eigenvalue weighted by Crippen LogP contribution is 2.47. The van der Waals surface area contributed by atoms with Crippen molar-refractivity contribution in [3.63, 3.8) is 0 Å². The minimum Gasteiger partial charge on any atom is -0.469 e. The Hall–Kier alpha value is -0.150. The van der Waals surface area contributed by atoms with Crippen LogP contribution in [-0.4, -0.2) is 36.6 Å². The number of carbonyl (C=O) groups is 1. The fraction of sp³-hybridized carbons (Fsp3) is 0.500. The second-order valence-corrected chi connectivity index (χ2v) is 8.26. The van der Waals surface area contributed by atoms with Gasteiger partial charge in [-0.2, -0.15) is 0 Å². The molecule has 0 aliphatic carbocycles. The highest BCUT2D eigenvalue weighted by Gasteiger charge is 2.50. The third-order valence-electron chi connectivity index (χ3n) is 5.24. The van der Waals surface area contributed by atoms with Crippen LogP contribution in [0.25, 0.3) is 0 Å². The lowest BCUT2D eigenvalue weighted by atomic mass is 9.76. The van der Waals surface area contributed by atoms with Crippen molar-refractivity contribution in [3.05, 3.63) is 43.6 Å². The normalized spacial score (nSPS) is 30.7. The first kappa shape index (κ1) is 17.7. The Kier molecular flexibility index (Phi) is 6.01. The molecule has 3 rings (SSSR count). The van der Waals surface area contributed by atoms with Crippen LogP contribution in [0.3, 0.4) is 0 Å². The summed E-state index contributed by atoms with van der Waals surface area (Å²) in [6, 6.07) is 9.52. The molecule has 0 N–H and O–H groups in total. The number of piperidine rings is 1. The van der Waals surface area contributed by atoms with E-state index in [1.807, 2.05) is 0 Å². The lowest BCUT2D eigenvalue weighted by molar-refractivity contribution is -0.150. The lowest BCUT2D eigenvalue weighted by Crippen LogP contribution is -2.50. The number of hydrogen-bond donors (Lipinski definition) is 0. The van der Waals surface area contributed by atoms with E-state index in [2.05, 4.69) is 84.5 Å². The number of benzene rings is 1. The molecule has 2 fully saturated rings. The molecule has 0 aromatic heterocycles. The average molecular weight is 537 g/mol. The Morgan fingerprint density at radius 2 is 2.09 bits per heavy atom. The van der Waals surface area contributed by atoms with E-state index in [4.69, 9.17) is 4.74 Å². The zero-order valence-electron chi connectivity index (χ0n) is 13.1. The number of fused-ring (bicyclic) bond motifs is 2. The summed E-state index contributed by atoms with van der Waals surface area (Å²) in [7, 11) is 1.52. The molecule has 0 unspecified atom stereocenters. The molecule has 1 aromatic rings. The van der Waals surface area contributed by atoms with Gasteiger partial charge in [0.05, 0.1) is 13.0 Å². The molecule has 2 heterocycles. The molecule has 0 spiro atoms. The molecule has 2 aliphatic heterocycles. The summed E-state index contributed by atoms with van der Waals surface area (Å²) in [5.74, 6) is 0.167. The predicted octanol–water partition coefficient (Wildman–Crippen LogP) is 4.35. The summed E-state index contributed by atoms with van der Waals surface area (Å²) < 4.78 is 8.48. The van der Waals surface area contributed by atoms with Crippen LogP contribution >= 0.6 is 45.2 Å².